The van der Waals surface area contributed by atoms with Crippen molar-refractivity contribution in [3.63, 3.8) is 0 Å². The molecular formula is C16H26N3O+. The number of amides is 1. The predicted molar refractivity (Wildman–Crippen MR) is 84.0 cm³/mol. The molecule has 0 bridgehead atoms. The third kappa shape index (κ3) is 4.05. The van der Waals surface area contributed by atoms with Gasteiger partial charge < -0.3 is 10.2 Å². The fourth-order valence-corrected chi connectivity index (χ4v) is 2.50. The van der Waals surface area contributed by atoms with Crippen molar-refractivity contribution in [3.8, 4) is 0 Å². The number of benzene rings is 1. The summed E-state index contributed by atoms with van der Waals surface area (Å²) in [6.07, 6.45) is 2.58. The molecule has 1 fully saturated rings. The van der Waals surface area contributed by atoms with Crippen molar-refractivity contribution < 1.29 is 4.79 Å². The van der Waals surface area contributed by atoms with Gasteiger partial charge in [0.15, 0.2) is 0 Å². The first-order valence-electron chi connectivity index (χ1n) is 7.39. The highest BCUT2D eigenvalue weighted by molar-refractivity contribution is 5.94. The summed E-state index contributed by atoms with van der Waals surface area (Å²) in [7, 11) is 6.35. The van der Waals surface area contributed by atoms with E-state index in [0.29, 0.717) is 0 Å². The van der Waals surface area contributed by atoms with Gasteiger partial charge in [0.1, 0.15) is 5.69 Å². The maximum Gasteiger partial charge on any atom is 0.251 e. The van der Waals surface area contributed by atoms with Gasteiger partial charge in [0.25, 0.3) is 5.91 Å². The molecule has 0 unspecified atom stereocenters. The van der Waals surface area contributed by atoms with Gasteiger partial charge in [-0.3, -0.25) is 9.28 Å². The number of quaternary nitrogens is 1. The number of likely N-dealkylation sites (tertiary alicyclic amines) is 1. The molecule has 0 aromatic heterocycles. The van der Waals surface area contributed by atoms with E-state index in [2.05, 4.69) is 31.4 Å². The van der Waals surface area contributed by atoms with E-state index in [1.165, 1.54) is 31.6 Å². The average Bonchev–Trinajstić information content (AvgIpc) is 2.91. The molecule has 0 saturated carbocycles. The Balaban J connectivity index is 1.82. The summed E-state index contributed by atoms with van der Waals surface area (Å²) in [4.78, 5) is 14.4. The first kappa shape index (κ1) is 15.0. The standard InChI is InChI=1S/C16H25N3O/c1-19(2,3)15-8-6-14(7-9-15)16(20)17-10-13-18-11-4-5-12-18/h6-9H,4-5,10-13H2,1-3H3/p+1. The Morgan fingerprint density at radius 3 is 2.30 bits per heavy atom. The predicted octanol–water partition coefficient (Wildman–Crippen LogP) is 1.71. The van der Waals surface area contributed by atoms with Crippen LogP contribution < -0.4 is 9.80 Å². The molecule has 4 nitrogen and oxygen atoms in total. The lowest BCUT2D eigenvalue weighted by molar-refractivity contribution is 0.0949. The van der Waals surface area contributed by atoms with Crippen molar-refractivity contribution in [2.75, 3.05) is 47.3 Å². The van der Waals surface area contributed by atoms with Gasteiger partial charge in [-0.15, -0.1) is 0 Å². The van der Waals surface area contributed by atoms with E-state index in [1.807, 2.05) is 24.3 Å². The fourth-order valence-electron chi connectivity index (χ4n) is 2.50. The van der Waals surface area contributed by atoms with Crippen molar-refractivity contribution in [3.05, 3.63) is 29.8 Å². The molecule has 1 N–H and O–H groups in total. The fraction of sp³-hybridized carbons (Fsp3) is 0.562. The SMILES string of the molecule is C[N+](C)(C)c1ccc(C(=O)NCCN2CCCC2)cc1. The Bertz CT molecular complexity index is 442. The number of rotatable bonds is 5. The van der Waals surface area contributed by atoms with Gasteiger partial charge in [0, 0.05) is 18.7 Å². The van der Waals surface area contributed by atoms with Gasteiger partial charge in [-0.25, -0.2) is 0 Å². The van der Waals surface area contributed by atoms with Crippen LogP contribution in [0, 0.1) is 0 Å². The van der Waals surface area contributed by atoms with Gasteiger partial charge >= 0.3 is 0 Å². The Hall–Kier alpha value is -1.39. The van der Waals surface area contributed by atoms with E-state index >= 15 is 0 Å². The molecule has 1 aliphatic rings. The summed E-state index contributed by atoms with van der Waals surface area (Å²) >= 11 is 0. The van der Waals surface area contributed by atoms with E-state index < -0.39 is 0 Å². The molecule has 110 valence electrons. The molecule has 1 aromatic carbocycles. The van der Waals surface area contributed by atoms with Crippen molar-refractivity contribution in [1.82, 2.24) is 14.7 Å². The number of nitrogens with one attached hydrogen (secondary N) is 1. The monoisotopic (exact) mass is 276 g/mol. The van der Waals surface area contributed by atoms with Crippen LogP contribution in [0.3, 0.4) is 0 Å². The third-order valence-electron chi connectivity index (χ3n) is 3.82. The summed E-state index contributed by atoms with van der Waals surface area (Å²) in [6.45, 7) is 4.04. The number of nitrogens with zero attached hydrogens (tertiary/aromatic N) is 2. The molecule has 20 heavy (non-hydrogen) atoms. The lowest BCUT2D eigenvalue weighted by Crippen LogP contribution is -2.35. The van der Waals surface area contributed by atoms with Crippen LogP contribution >= 0.6 is 0 Å². The lowest BCUT2D eigenvalue weighted by atomic mass is 10.1. The number of carbonyl (C=O) groups excluding carboxylic acids is 1. The highest BCUT2D eigenvalue weighted by atomic mass is 16.1. The van der Waals surface area contributed by atoms with E-state index in [0.717, 1.165) is 23.1 Å². The van der Waals surface area contributed by atoms with Gasteiger partial charge in [-0.1, -0.05) is 0 Å². The molecule has 0 atom stereocenters. The normalized spacial score (nSPS) is 16.4. The number of hydrogen-bond donors (Lipinski definition) is 1. The van der Waals surface area contributed by atoms with Crippen molar-refractivity contribution in [2.24, 2.45) is 0 Å². The number of carbonyl (C=O) groups is 1. The Morgan fingerprint density at radius 2 is 1.75 bits per heavy atom. The van der Waals surface area contributed by atoms with E-state index in [1.54, 1.807) is 0 Å². The minimum Gasteiger partial charge on any atom is -0.351 e. The summed E-state index contributed by atoms with van der Waals surface area (Å²) in [5.41, 5.74) is 1.93. The maximum absolute atomic E-state index is 12.0. The minimum absolute atomic E-state index is 0.0251. The molecule has 2 rings (SSSR count). The zero-order chi connectivity index (χ0) is 14.6. The zero-order valence-electron chi connectivity index (χ0n) is 12.9. The van der Waals surface area contributed by atoms with Crippen LogP contribution in [0.5, 0.6) is 0 Å². The molecular weight excluding hydrogens is 250 g/mol. The summed E-state index contributed by atoms with van der Waals surface area (Å²) < 4.78 is 0.761. The molecule has 0 spiro atoms. The second-order valence-corrected chi connectivity index (χ2v) is 6.36. The Morgan fingerprint density at radius 1 is 1.15 bits per heavy atom. The molecule has 1 aliphatic heterocycles. The van der Waals surface area contributed by atoms with Crippen LogP contribution in [0.4, 0.5) is 5.69 Å². The summed E-state index contributed by atoms with van der Waals surface area (Å²) in [5, 5.41) is 3.00. The van der Waals surface area contributed by atoms with Gasteiger partial charge in [0.2, 0.25) is 0 Å². The van der Waals surface area contributed by atoms with E-state index in [-0.39, 0.29) is 5.91 Å². The second-order valence-electron chi connectivity index (χ2n) is 6.36. The quantitative estimate of drug-likeness (QED) is 0.830. The van der Waals surface area contributed by atoms with Crippen LogP contribution in [0.25, 0.3) is 0 Å². The number of hydrogen-bond acceptors (Lipinski definition) is 2. The third-order valence-corrected chi connectivity index (χ3v) is 3.82. The molecule has 1 aromatic rings. The largest absolute Gasteiger partial charge is 0.351 e. The topological polar surface area (TPSA) is 32.3 Å². The van der Waals surface area contributed by atoms with Gasteiger partial charge in [-0.2, -0.15) is 0 Å². The van der Waals surface area contributed by atoms with E-state index in [4.69, 9.17) is 0 Å². The van der Waals surface area contributed by atoms with Crippen LogP contribution in [-0.2, 0) is 0 Å². The first-order valence-corrected chi connectivity index (χ1v) is 7.39. The molecule has 1 heterocycles. The summed E-state index contributed by atoms with van der Waals surface area (Å²) in [6, 6.07) is 7.86. The highest BCUT2D eigenvalue weighted by Crippen LogP contribution is 2.17. The van der Waals surface area contributed by atoms with Crippen LogP contribution in [0.1, 0.15) is 23.2 Å². The Labute approximate surface area is 122 Å². The van der Waals surface area contributed by atoms with Crippen LogP contribution in [-0.4, -0.2) is 58.1 Å². The minimum atomic E-state index is 0.0251. The molecule has 4 heteroatoms. The van der Waals surface area contributed by atoms with Gasteiger partial charge in [0.05, 0.1) is 21.1 Å². The van der Waals surface area contributed by atoms with Crippen LogP contribution in [0.2, 0.25) is 0 Å². The highest BCUT2D eigenvalue weighted by Gasteiger charge is 2.14. The molecule has 1 amide bonds. The maximum atomic E-state index is 12.0. The van der Waals surface area contributed by atoms with E-state index in [9.17, 15) is 4.79 Å². The molecule has 0 aliphatic carbocycles. The molecule has 1 saturated heterocycles. The lowest BCUT2D eigenvalue weighted by Gasteiger charge is -2.23. The second kappa shape index (κ2) is 6.37. The summed E-state index contributed by atoms with van der Waals surface area (Å²) in [5.74, 6) is 0.0251. The molecule has 0 radical (unpaired) electrons. The van der Waals surface area contributed by atoms with Crippen LogP contribution in [0.15, 0.2) is 24.3 Å². The zero-order valence-corrected chi connectivity index (χ0v) is 12.9. The van der Waals surface area contributed by atoms with Crippen molar-refractivity contribution in [1.29, 1.82) is 0 Å². The smallest absolute Gasteiger partial charge is 0.251 e. The van der Waals surface area contributed by atoms with Gasteiger partial charge in [-0.05, 0) is 50.2 Å². The van der Waals surface area contributed by atoms with Crippen molar-refractivity contribution >= 4 is 11.6 Å². The Kier molecular flexibility index (Phi) is 4.78. The first-order chi connectivity index (χ1) is 9.47. The average molecular weight is 276 g/mol. The van der Waals surface area contributed by atoms with Crippen molar-refractivity contribution in [2.45, 2.75) is 12.8 Å².